The Morgan fingerprint density at radius 3 is 2.35 bits per heavy atom. The maximum Gasteiger partial charge on any atom is 0.264 e. The summed E-state index contributed by atoms with van der Waals surface area (Å²) in [6.07, 6.45) is 0. The first-order chi connectivity index (χ1) is 12.6. The van der Waals surface area contributed by atoms with Crippen LogP contribution < -0.4 is 4.90 Å². The van der Waals surface area contributed by atoms with E-state index < -0.39 is 0 Å². The number of nitrogens with zero attached hydrogens (tertiary/aromatic N) is 2. The lowest BCUT2D eigenvalue weighted by Gasteiger charge is -2.20. The van der Waals surface area contributed by atoms with Gasteiger partial charge in [0.25, 0.3) is 5.91 Å². The van der Waals surface area contributed by atoms with E-state index in [-0.39, 0.29) is 11.7 Å². The first-order valence-electron chi connectivity index (χ1n) is 7.83. The molecular formula is C20H12ClFN2OS. The number of thiazole rings is 1. The third-order valence-corrected chi connectivity index (χ3v) is 5.13. The number of fused-ring (bicyclic) bond motifs is 1. The molecule has 0 unspecified atom stereocenters. The third kappa shape index (κ3) is 3.19. The van der Waals surface area contributed by atoms with Crippen molar-refractivity contribution in [2.75, 3.05) is 4.90 Å². The molecule has 6 heteroatoms. The van der Waals surface area contributed by atoms with Gasteiger partial charge in [-0.05, 0) is 60.7 Å². The molecule has 1 aromatic heterocycles. The summed E-state index contributed by atoms with van der Waals surface area (Å²) in [4.78, 5) is 19.2. The van der Waals surface area contributed by atoms with Crippen molar-refractivity contribution in [1.82, 2.24) is 4.98 Å². The molecule has 128 valence electrons. The summed E-state index contributed by atoms with van der Waals surface area (Å²) in [5.74, 6) is -0.621. The Balaban J connectivity index is 1.84. The molecule has 0 aliphatic carbocycles. The highest BCUT2D eigenvalue weighted by Gasteiger charge is 2.23. The summed E-state index contributed by atoms with van der Waals surface area (Å²) in [5, 5.41) is 1.08. The quantitative estimate of drug-likeness (QED) is 0.431. The minimum Gasteiger partial charge on any atom is -0.268 e. The topological polar surface area (TPSA) is 33.2 Å². The first kappa shape index (κ1) is 16.7. The Labute approximate surface area is 158 Å². The number of carbonyl (C=O) groups is 1. The fraction of sp³-hybridized carbons (Fsp3) is 0. The number of amides is 1. The molecule has 0 atom stereocenters. The van der Waals surface area contributed by atoms with Gasteiger partial charge in [0.15, 0.2) is 5.13 Å². The van der Waals surface area contributed by atoms with Crippen LogP contribution in [0.2, 0.25) is 5.02 Å². The average molecular weight is 383 g/mol. The molecule has 0 saturated carbocycles. The van der Waals surface area contributed by atoms with E-state index in [1.165, 1.54) is 28.4 Å². The molecule has 3 nitrogen and oxygen atoms in total. The second kappa shape index (κ2) is 6.86. The van der Waals surface area contributed by atoms with Crippen LogP contribution in [-0.2, 0) is 0 Å². The number of rotatable bonds is 3. The number of carbonyl (C=O) groups excluding carboxylic acids is 1. The second-order valence-electron chi connectivity index (χ2n) is 5.59. The summed E-state index contributed by atoms with van der Waals surface area (Å²) in [5.41, 5.74) is 1.83. The van der Waals surface area contributed by atoms with Crippen LogP contribution in [0, 0.1) is 5.82 Å². The molecule has 0 N–H and O–H groups in total. The molecule has 26 heavy (non-hydrogen) atoms. The van der Waals surface area contributed by atoms with Crippen LogP contribution in [0.5, 0.6) is 0 Å². The predicted octanol–water partition coefficient (Wildman–Crippen LogP) is 6.07. The lowest BCUT2D eigenvalue weighted by Crippen LogP contribution is -2.25. The number of halogens is 2. The maximum absolute atomic E-state index is 13.4. The summed E-state index contributed by atoms with van der Waals surface area (Å²) in [7, 11) is 0. The van der Waals surface area contributed by atoms with Gasteiger partial charge in [-0.2, -0.15) is 0 Å². The van der Waals surface area contributed by atoms with Gasteiger partial charge < -0.3 is 0 Å². The lowest BCUT2D eigenvalue weighted by molar-refractivity contribution is 0.0999. The SMILES string of the molecule is O=C(c1ccc(Cl)cc1)N(c1ccc(F)cc1)c1nc2ccccc2s1. The van der Waals surface area contributed by atoms with E-state index in [2.05, 4.69) is 4.98 Å². The standard InChI is InChI=1S/C20H12ClFN2OS/c21-14-7-5-13(6-8-14)19(25)24(16-11-9-15(22)10-12-16)20-23-17-3-1-2-4-18(17)26-20/h1-12H. The van der Waals surface area contributed by atoms with Gasteiger partial charge in [-0.1, -0.05) is 35.1 Å². The minimum atomic E-state index is -0.364. The molecule has 1 heterocycles. The molecule has 0 saturated heterocycles. The van der Waals surface area contributed by atoms with E-state index in [1.54, 1.807) is 36.4 Å². The van der Waals surface area contributed by atoms with Gasteiger partial charge in [-0.25, -0.2) is 9.37 Å². The average Bonchev–Trinajstić information content (AvgIpc) is 3.07. The van der Waals surface area contributed by atoms with Gasteiger partial charge in [-0.3, -0.25) is 9.69 Å². The zero-order valence-electron chi connectivity index (χ0n) is 13.4. The van der Waals surface area contributed by atoms with E-state index in [9.17, 15) is 9.18 Å². The van der Waals surface area contributed by atoms with Gasteiger partial charge in [0.1, 0.15) is 5.82 Å². The fourth-order valence-corrected chi connectivity index (χ4v) is 3.69. The maximum atomic E-state index is 13.4. The van der Waals surface area contributed by atoms with Crippen LogP contribution in [-0.4, -0.2) is 10.9 Å². The van der Waals surface area contributed by atoms with Crippen LogP contribution in [0.25, 0.3) is 10.2 Å². The zero-order valence-corrected chi connectivity index (χ0v) is 15.0. The largest absolute Gasteiger partial charge is 0.268 e. The first-order valence-corrected chi connectivity index (χ1v) is 9.02. The second-order valence-corrected chi connectivity index (χ2v) is 7.03. The summed E-state index contributed by atoms with van der Waals surface area (Å²) < 4.78 is 14.3. The molecule has 0 bridgehead atoms. The smallest absolute Gasteiger partial charge is 0.264 e. The van der Waals surface area contributed by atoms with Crippen LogP contribution in [0.4, 0.5) is 15.2 Å². The number of anilines is 2. The number of aromatic nitrogens is 1. The Morgan fingerprint density at radius 1 is 0.962 bits per heavy atom. The van der Waals surface area contributed by atoms with E-state index in [0.717, 1.165) is 10.2 Å². The molecule has 0 spiro atoms. The van der Waals surface area contributed by atoms with E-state index in [0.29, 0.717) is 21.4 Å². The Morgan fingerprint density at radius 2 is 1.65 bits per heavy atom. The van der Waals surface area contributed by atoms with Gasteiger partial charge in [0.2, 0.25) is 0 Å². The molecule has 1 amide bonds. The van der Waals surface area contributed by atoms with Crippen molar-refractivity contribution in [3.05, 3.63) is 89.2 Å². The van der Waals surface area contributed by atoms with Crippen molar-refractivity contribution in [2.45, 2.75) is 0 Å². The van der Waals surface area contributed by atoms with E-state index in [4.69, 9.17) is 11.6 Å². The van der Waals surface area contributed by atoms with Crippen molar-refractivity contribution in [3.63, 3.8) is 0 Å². The Kier molecular flexibility index (Phi) is 4.41. The van der Waals surface area contributed by atoms with Gasteiger partial charge in [0, 0.05) is 10.6 Å². The lowest BCUT2D eigenvalue weighted by atomic mass is 10.2. The summed E-state index contributed by atoms with van der Waals surface area (Å²) >= 11 is 7.33. The minimum absolute atomic E-state index is 0.257. The van der Waals surface area contributed by atoms with Crippen molar-refractivity contribution >= 4 is 49.9 Å². The van der Waals surface area contributed by atoms with Crippen molar-refractivity contribution in [3.8, 4) is 0 Å². The van der Waals surface area contributed by atoms with Crippen LogP contribution in [0.3, 0.4) is 0 Å². The molecule has 3 aromatic carbocycles. The van der Waals surface area contributed by atoms with E-state index >= 15 is 0 Å². The normalized spacial score (nSPS) is 10.8. The number of benzene rings is 3. The molecule has 0 aliphatic heterocycles. The number of para-hydroxylation sites is 1. The molecule has 4 rings (SSSR count). The highest BCUT2D eigenvalue weighted by Crippen LogP contribution is 2.34. The monoisotopic (exact) mass is 382 g/mol. The predicted molar refractivity (Wildman–Crippen MR) is 104 cm³/mol. The Bertz CT molecular complexity index is 1040. The highest BCUT2D eigenvalue weighted by molar-refractivity contribution is 7.22. The van der Waals surface area contributed by atoms with Crippen molar-refractivity contribution in [1.29, 1.82) is 0 Å². The Hall–Kier alpha value is -2.76. The van der Waals surface area contributed by atoms with Crippen LogP contribution >= 0.6 is 22.9 Å². The molecule has 0 aliphatic rings. The van der Waals surface area contributed by atoms with Crippen molar-refractivity contribution < 1.29 is 9.18 Å². The molecular weight excluding hydrogens is 371 g/mol. The van der Waals surface area contributed by atoms with E-state index in [1.807, 2.05) is 24.3 Å². The molecule has 0 fully saturated rings. The number of hydrogen-bond donors (Lipinski definition) is 0. The summed E-state index contributed by atoms with van der Waals surface area (Å²) in [6.45, 7) is 0. The summed E-state index contributed by atoms with van der Waals surface area (Å²) in [6, 6.07) is 20.1. The highest BCUT2D eigenvalue weighted by atomic mass is 35.5. The third-order valence-electron chi connectivity index (χ3n) is 3.85. The van der Waals surface area contributed by atoms with Crippen molar-refractivity contribution in [2.24, 2.45) is 0 Å². The fourth-order valence-electron chi connectivity index (χ4n) is 2.58. The van der Waals surface area contributed by atoms with Gasteiger partial charge >= 0.3 is 0 Å². The number of hydrogen-bond acceptors (Lipinski definition) is 3. The van der Waals surface area contributed by atoms with Gasteiger partial charge in [-0.15, -0.1) is 0 Å². The van der Waals surface area contributed by atoms with Crippen LogP contribution in [0.1, 0.15) is 10.4 Å². The molecule has 0 radical (unpaired) electrons. The van der Waals surface area contributed by atoms with Crippen LogP contribution in [0.15, 0.2) is 72.8 Å². The molecule has 4 aromatic rings. The zero-order chi connectivity index (χ0) is 18.1. The van der Waals surface area contributed by atoms with Gasteiger partial charge in [0.05, 0.1) is 15.9 Å².